The number of nitrogens with zero attached hydrogens (tertiary/aromatic N) is 6. The van der Waals surface area contributed by atoms with Gasteiger partial charge in [0.15, 0.2) is 11.2 Å². The summed E-state index contributed by atoms with van der Waals surface area (Å²) in [6.45, 7) is 3.28. The zero-order chi connectivity index (χ0) is 25.4. The topological polar surface area (TPSA) is 78.0 Å². The monoisotopic (exact) mass is 488 g/mol. The van der Waals surface area contributed by atoms with Crippen molar-refractivity contribution < 1.29 is 4.39 Å². The van der Waals surface area contributed by atoms with Crippen molar-refractivity contribution in [2.75, 3.05) is 18.0 Å². The minimum atomic E-state index is -0.443. The normalized spacial score (nSPS) is 15.6. The molecule has 9 heteroatoms. The summed E-state index contributed by atoms with van der Waals surface area (Å²) in [6, 6.07) is 11.1. The molecule has 5 rings (SSSR count). The standard InChI is InChI=1S/C27H29FN6O2/c1-18-8-6-10-20(22(18)28)17-34-23-24(31(2)27(36)32(3)25(23)35)30-26(34)33-14-7-9-19(12-15-33)16-21-11-4-5-13-29-21/h4-6,8,10-11,13,16H,7,9,12,14-15,17H2,1-3H3/b19-16-. The summed E-state index contributed by atoms with van der Waals surface area (Å²) >= 11 is 0. The van der Waals surface area contributed by atoms with Crippen LogP contribution in [0.3, 0.4) is 0 Å². The number of imidazole rings is 1. The highest BCUT2D eigenvalue weighted by Crippen LogP contribution is 2.27. The molecule has 0 unspecified atom stereocenters. The van der Waals surface area contributed by atoms with E-state index in [-0.39, 0.29) is 12.4 Å². The molecule has 4 aromatic rings. The zero-order valence-electron chi connectivity index (χ0n) is 20.7. The summed E-state index contributed by atoms with van der Waals surface area (Å²) in [5, 5.41) is 0. The van der Waals surface area contributed by atoms with Crippen molar-refractivity contribution in [2.45, 2.75) is 32.7 Å². The molecule has 4 heterocycles. The van der Waals surface area contributed by atoms with Gasteiger partial charge in [-0.15, -0.1) is 0 Å². The van der Waals surface area contributed by atoms with Crippen LogP contribution in [0.25, 0.3) is 17.2 Å². The molecule has 186 valence electrons. The number of hydrogen-bond acceptors (Lipinski definition) is 5. The van der Waals surface area contributed by atoms with E-state index in [1.165, 1.54) is 17.2 Å². The number of hydrogen-bond donors (Lipinski definition) is 0. The molecule has 1 aliphatic rings. The van der Waals surface area contributed by atoms with Crippen LogP contribution < -0.4 is 16.1 Å². The molecular formula is C27H29FN6O2. The molecule has 0 spiro atoms. The van der Waals surface area contributed by atoms with E-state index in [1.54, 1.807) is 42.9 Å². The Kier molecular flexibility index (Phi) is 6.30. The van der Waals surface area contributed by atoms with Gasteiger partial charge in [0.1, 0.15) is 5.82 Å². The third kappa shape index (κ3) is 4.25. The smallest absolute Gasteiger partial charge is 0.332 e. The fourth-order valence-corrected chi connectivity index (χ4v) is 4.85. The van der Waals surface area contributed by atoms with Crippen molar-refractivity contribution in [3.05, 3.63) is 91.6 Å². The second-order valence-electron chi connectivity index (χ2n) is 9.32. The van der Waals surface area contributed by atoms with E-state index in [0.29, 0.717) is 34.8 Å². The highest BCUT2D eigenvalue weighted by molar-refractivity contribution is 5.75. The molecule has 3 aromatic heterocycles. The van der Waals surface area contributed by atoms with Crippen molar-refractivity contribution >= 4 is 23.2 Å². The summed E-state index contributed by atoms with van der Waals surface area (Å²) < 4.78 is 19.2. The third-order valence-corrected chi connectivity index (χ3v) is 6.88. The van der Waals surface area contributed by atoms with Gasteiger partial charge >= 0.3 is 5.69 Å². The zero-order valence-corrected chi connectivity index (χ0v) is 20.7. The second kappa shape index (κ2) is 9.56. The average Bonchev–Trinajstić information content (AvgIpc) is 3.09. The van der Waals surface area contributed by atoms with E-state index in [0.717, 1.165) is 36.1 Å². The average molecular weight is 489 g/mol. The Balaban J connectivity index is 1.60. The minimum absolute atomic E-state index is 0.139. The van der Waals surface area contributed by atoms with Crippen LogP contribution in [0.2, 0.25) is 0 Å². The molecule has 0 saturated carbocycles. The first-order valence-electron chi connectivity index (χ1n) is 12.1. The molecule has 0 radical (unpaired) electrons. The number of rotatable bonds is 4. The van der Waals surface area contributed by atoms with Gasteiger partial charge in [0, 0.05) is 38.9 Å². The molecule has 36 heavy (non-hydrogen) atoms. The summed E-state index contributed by atoms with van der Waals surface area (Å²) in [5.41, 5.74) is 2.96. The van der Waals surface area contributed by atoms with Gasteiger partial charge in [-0.3, -0.25) is 23.5 Å². The van der Waals surface area contributed by atoms with Crippen LogP contribution in [-0.4, -0.2) is 36.8 Å². The van der Waals surface area contributed by atoms with Gasteiger partial charge in [0.05, 0.1) is 12.2 Å². The van der Waals surface area contributed by atoms with E-state index in [4.69, 9.17) is 4.98 Å². The van der Waals surface area contributed by atoms with E-state index < -0.39 is 11.2 Å². The summed E-state index contributed by atoms with van der Waals surface area (Å²) in [6.07, 6.45) is 6.56. The van der Waals surface area contributed by atoms with E-state index in [2.05, 4.69) is 16.0 Å². The van der Waals surface area contributed by atoms with Gasteiger partial charge in [-0.2, -0.15) is 4.98 Å². The Morgan fingerprint density at radius 2 is 1.86 bits per heavy atom. The molecule has 1 aliphatic heterocycles. The highest BCUT2D eigenvalue weighted by Gasteiger charge is 2.25. The minimum Gasteiger partial charge on any atom is -0.342 e. The quantitative estimate of drug-likeness (QED) is 0.440. The largest absolute Gasteiger partial charge is 0.342 e. The molecule has 0 N–H and O–H groups in total. The number of aryl methyl sites for hydroxylation is 2. The van der Waals surface area contributed by atoms with Crippen LogP contribution in [0, 0.1) is 12.7 Å². The molecule has 8 nitrogen and oxygen atoms in total. The predicted molar refractivity (Wildman–Crippen MR) is 139 cm³/mol. The first kappa shape index (κ1) is 23.7. The summed E-state index contributed by atoms with van der Waals surface area (Å²) in [4.78, 5) is 37.2. The number of anilines is 1. The maximum Gasteiger partial charge on any atom is 0.332 e. The maximum atomic E-state index is 15.0. The predicted octanol–water partition coefficient (Wildman–Crippen LogP) is 3.40. The highest BCUT2D eigenvalue weighted by atomic mass is 19.1. The van der Waals surface area contributed by atoms with Crippen molar-refractivity contribution in [3.8, 4) is 0 Å². The Bertz CT molecular complexity index is 1580. The first-order valence-corrected chi connectivity index (χ1v) is 12.1. The Hall–Kier alpha value is -4.01. The first-order chi connectivity index (χ1) is 17.3. The van der Waals surface area contributed by atoms with Crippen LogP contribution >= 0.6 is 0 Å². The fraction of sp³-hybridized carbons (Fsp3) is 0.333. The lowest BCUT2D eigenvalue weighted by Crippen LogP contribution is -2.37. The number of fused-ring (bicyclic) bond motifs is 1. The number of aromatic nitrogens is 5. The van der Waals surface area contributed by atoms with Gasteiger partial charge in [-0.05, 0) is 50.0 Å². The number of halogens is 1. The van der Waals surface area contributed by atoms with Gasteiger partial charge in [0.25, 0.3) is 5.56 Å². The molecular weight excluding hydrogens is 459 g/mol. The molecule has 0 aliphatic carbocycles. The molecule has 1 fully saturated rings. The maximum absolute atomic E-state index is 15.0. The Labute approximate surface area is 208 Å². The van der Waals surface area contributed by atoms with E-state index in [9.17, 15) is 9.59 Å². The van der Waals surface area contributed by atoms with Crippen LogP contribution in [0.1, 0.15) is 36.1 Å². The molecule has 0 bridgehead atoms. The molecule has 0 amide bonds. The Morgan fingerprint density at radius 1 is 1.03 bits per heavy atom. The van der Waals surface area contributed by atoms with Crippen molar-refractivity contribution in [2.24, 2.45) is 14.1 Å². The molecule has 1 saturated heterocycles. The Morgan fingerprint density at radius 3 is 2.64 bits per heavy atom. The lowest BCUT2D eigenvalue weighted by Gasteiger charge is -2.23. The second-order valence-corrected chi connectivity index (χ2v) is 9.32. The van der Waals surface area contributed by atoms with Crippen LogP contribution in [0.15, 0.2) is 57.8 Å². The van der Waals surface area contributed by atoms with Crippen molar-refractivity contribution in [3.63, 3.8) is 0 Å². The van der Waals surface area contributed by atoms with Crippen LogP contribution in [0.4, 0.5) is 10.3 Å². The summed E-state index contributed by atoms with van der Waals surface area (Å²) in [7, 11) is 3.06. The van der Waals surface area contributed by atoms with Crippen LogP contribution in [-0.2, 0) is 20.6 Å². The van der Waals surface area contributed by atoms with Crippen molar-refractivity contribution in [1.82, 2.24) is 23.7 Å². The van der Waals surface area contributed by atoms with Gasteiger partial charge in [-0.25, -0.2) is 9.18 Å². The molecule has 1 aromatic carbocycles. The van der Waals surface area contributed by atoms with Gasteiger partial charge < -0.3 is 4.90 Å². The van der Waals surface area contributed by atoms with Gasteiger partial charge in [0.2, 0.25) is 5.95 Å². The fourth-order valence-electron chi connectivity index (χ4n) is 4.85. The third-order valence-electron chi connectivity index (χ3n) is 6.88. The summed E-state index contributed by atoms with van der Waals surface area (Å²) in [5.74, 6) is 0.270. The molecule has 0 atom stereocenters. The number of pyridine rings is 1. The van der Waals surface area contributed by atoms with Gasteiger partial charge in [-0.1, -0.05) is 29.8 Å². The van der Waals surface area contributed by atoms with Crippen LogP contribution in [0.5, 0.6) is 0 Å². The van der Waals surface area contributed by atoms with Crippen molar-refractivity contribution in [1.29, 1.82) is 0 Å². The number of benzene rings is 1. The van der Waals surface area contributed by atoms with E-state index >= 15 is 4.39 Å². The van der Waals surface area contributed by atoms with E-state index in [1.807, 2.05) is 18.2 Å². The lowest BCUT2D eigenvalue weighted by atomic mass is 10.1. The lowest BCUT2D eigenvalue weighted by molar-refractivity contribution is 0.590. The SMILES string of the molecule is Cc1cccc(Cn2c(N3CCC/C(=C/c4ccccn4)CC3)nc3c2c(=O)n(C)c(=O)n3C)c1F.